The highest BCUT2D eigenvalue weighted by Crippen LogP contribution is 2.56. The standard InChI is InChI=1S/C51H58N8O10S/c1-29(2)33-6-3-4-7-34(33)37-8-5-15-57(37)31-23-51(24-31)12-16-56(17-13-51)38-10-9-35(48(52)60)46(58-40-20-30-11-14-53-49(30)55-50(40)69-44-28-66-26-41(44)58)47(38)70(63,64)32-21-39(59(61)62)45-42(22-32)68-25-36(54-45)43-27-65-18-19-67-43/h3-4,6-7,9-11,14,20-22,29,31,36-37,41,43-44,54H,5,8,12-13,15-19,23-28H2,1-2H3,(H2,52,60)(H,53,55)/t36-,37+,41-,43-,44-/m1/s1. The number of anilines is 4. The number of likely N-dealkylation sites (tertiary alicyclic amines) is 1. The molecule has 2 aromatic heterocycles. The maximum atomic E-state index is 16.1. The molecule has 3 aromatic carbocycles. The quantitative estimate of drug-likeness (QED) is 0.0949. The molecule has 8 heterocycles. The third-order valence-corrected chi connectivity index (χ3v) is 17.9. The zero-order valence-corrected chi connectivity index (χ0v) is 40.1. The van der Waals surface area contributed by atoms with Crippen molar-refractivity contribution in [2.45, 2.75) is 104 Å². The number of nitrogens with two attached hydrogens (primary N) is 1. The molecule has 70 heavy (non-hydrogen) atoms. The molecule has 18 nitrogen and oxygen atoms in total. The monoisotopic (exact) mass is 974 g/mol. The van der Waals surface area contributed by atoms with E-state index in [4.69, 9.17) is 34.4 Å². The highest BCUT2D eigenvalue weighted by atomic mass is 32.2. The van der Waals surface area contributed by atoms with Gasteiger partial charge >= 0.3 is 0 Å². The summed E-state index contributed by atoms with van der Waals surface area (Å²) in [6.07, 6.45) is 6.87. The first-order valence-corrected chi connectivity index (χ1v) is 26.1. The van der Waals surface area contributed by atoms with Crippen molar-refractivity contribution in [3.8, 4) is 11.6 Å². The Balaban J connectivity index is 0.943. The number of ether oxygens (including phenoxy) is 5. The second-order valence-corrected chi connectivity index (χ2v) is 22.3. The number of carbonyl (C=O) groups excluding carboxylic acids is 1. The molecule has 1 amide bonds. The van der Waals surface area contributed by atoms with E-state index in [1.165, 1.54) is 23.6 Å². The van der Waals surface area contributed by atoms with E-state index in [0.717, 1.165) is 50.1 Å². The Labute approximate surface area is 405 Å². The van der Waals surface area contributed by atoms with Gasteiger partial charge in [0.2, 0.25) is 15.7 Å². The molecule has 1 saturated carbocycles. The molecule has 0 radical (unpaired) electrons. The lowest BCUT2D eigenvalue weighted by atomic mass is 9.59. The summed E-state index contributed by atoms with van der Waals surface area (Å²) >= 11 is 0. The van der Waals surface area contributed by atoms with Crippen LogP contribution < -0.4 is 30.3 Å². The number of aromatic nitrogens is 2. The lowest BCUT2D eigenvalue weighted by Gasteiger charge is -2.56. The SMILES string of the molecule is CC(C)c1ccccc1[C@@H]1CCCN1C1CC2(CCN(c3ccc(C(N)=O)c(N4c5cc6cc[nH]c6nc5O[C@@H]5COC[C@H]54)c3S(=O)(=O)c3cc4c(c([N+](=O)[O-])c3)N[C@@H]([C@H]3COCCO3)CO4)CC2)C1. The summed E-state index contributed by atoms with van der Waals surface area (Å²) in [6.45, 7) is 8.17. The third-order valence-electron chi connectivity index (χ3n) is 16.1. The molecule has 12 rings (SSSR count). The highest BCUT2D eigenvalue weighted by Gasteiger charge is 2.51. The van der Waals surface area contributed by atoms with Crippen molar-refractivity contribution in [3.05, 3.63) is 93.7 Å². The minimum Gasteiger partial charge on any atom is -0.489 e. The number of piperidine rings is 1. The zero-order valence-electron chi connectivity index (χ0n) is 39.3. The highest BCUT2D eigenvalue weighted by molar-refractivity contribution is 7.91. The predicted octanol–water partition coefficient (Wildman–Crippen LogP) is 7.00. The molecule has 6 aliphatic heterocycles. The summed E-state index contributed by atoms with van der Waals surface area (Å²) in [4.78, 5) is 40.2. The number of nitrogens with one attached hydrogen (secondary N) is 2. The first-order chi connectivity index (χ1) is 33.9. The fourth-order valence-corrected chi connectivity index (χ4v) is 14.2. The van der Waals surface area contributed by atoms with Crippen LogP contribution in [0.5, 0.6) is 11.6 Å². The molecule has 1 aliphatic carbocycles. The molecular weight excluding hydrogens is 917 g/mol. The van der Waals surface area contributed by atoms with Crippen LogP contribution in [0.2, 0.25) is 0 Å². The molecule has 5 atom stereocenters. The lowest BCUT2D eigenvalue weighted by Crippen LogP contribution is -2.55. The number of sulfone groups is 1. The van der Waals surface area contributed by atoms with E-state index >= 15 is 8.42 Å². The van der Waals surface area contributed by atoms with Crippen molar-refractivity contribution in [1.82, 2.24) is 14.9 Å². The van der Waals surface area contributed by atoms with E-state index in [9.17, 15) is 14.9 Å². The molecule has 368 valence electrons. The first-order valence-electron chi connectivity index (χ1n) is 24.6. The summed E-state index contributed by atoms with van der Waals surface area (Å²) in [6, 6.07) is 18.0. The molecule has 1 spiro atoms. The Bertz CT molecular complexity index is 3000. The van der Waals surface area contributed by atoms with Crippen LogP contribution in [0.3, 0.4) is 0 Å². The molecule has 5 fully saturated rings. The minimum atomic E-state index is -4.79. The van der Waals surface area contributed by atoms with Crippen LogP contribution in [0, 0.1) is 15.5 Å². The zero-order chi connectivity index (χ0) is 48.1. The topological polar surface area (TPSA) is 217 Å². The van der Waals surface area contributed by atoms with E-state index in [0.29, 0.717) is 61.3 Å². The van der Waals surface area contributed by atoms with Gasteiger partial charge in [-0.15, -0.1) is 0 Å². The fraction of sp³-hybridized carbons (Fsp3) is 0.490. The maximum absolute atomic E-state index is 16.1. The van der Waals surface area contributed by atoms with Crippen molar-refractivity contribution < 1.29 is 41.8 Å². The number of hydrogen-bond donors (Lipinski definition) is 3. The van der Waals surface area contributed by atoms with E-state index < -0.39 is 50.6 Å². The molecule has 4 N–H and O–H groups in total. The Kier molecular flexibility index (Phi) is 11.2. The van der Waals surface area contributed by atoms with Gasteiger partial charge in [-0.2, -0.15) is 4.98 Å². The molecule has 4 saturated heterocycles. The van der Waals surface area contributed by atoms with Crippen LogP contribution >= 0.6 is 0 Å². The molecular formula is C51H58N8O10S. The number of H-pyrrole nitrogens is 1. The number of nitro benzene ring substituents is 1. The molecule has 5 aromatic rings. The van der Waals surface area contributed by atoms with Crippen LogP contribution in [-0.2, 0) is 24.0 Å². The first kappa shape index (κ1) is 45.2. The van der Waals surface area contributed by atoms with Crippen LogP contribution in [0.25, 0.3) is 11.0 Å². The average Bonchev–Trinajstić information content (AvgIpc) is 4.15. The minimum absolute atomic E-state index is 0.00215. The fourth-order valence-electron chi connectivity index (χ4n) is 12.5. The van der Waals surface area contributed by atoms with Crippen molar-refractivity contribution >= 4 is 55.2 Å². The molecule has 0 unspecified atom stereocenters. The number of pyridine rings is 1. The van der Waals surface area contributed by atoms with Crippen LogP contribution in [0.15, 0.2) is 76.7 Å². The number of nitrogens with zero attached hydrogens (tertiary/aromatic N) is 5. The van der Waals surface area contributed by atoms with Gasteiger partial charge in [0, 0.05) is 48.9 Å². The normalized spacial score (nSPS) is 25.4. The maximum Gasteiger partial charge on any atom is 0.297 e. The van der Waals surface area contributed by atoms with Gasteiger partial charge in [0.1, 0.15) is 35.0 Å². The Morgan fingerprint density at radius 1 is 0.957 bits per heavy atom. The Morgan fingerprint density at radius 3 is 2.54 bits per heavy atom. The van der Waals surface area contributed by atoms with Gasteiger partial charge in [0.25, 0.3) is 11.6 Å². The van der Waals surface area contributed by atoms with Gasteiger partial charge < -0.3 is 49.5 Å². The van der Waals surface area contributed by atoms with Gasteiger partial charge in [0.15, 0.2) is 11.4 Å². The number of primary amides is 1. The van der Waals surface area contributed by atoms with Gasteiger partial charge in [-0.3, -0.25) is 19.8 Å². The Morgan fingerprint density at radius 2 is 1.77 bits per heavy atom. The number of hydrogen-bond acceptors (Lipinski definition) is 15. The van der Waals surface area contributed by atoms with Gasteiger partial charge in [-0.05, 0) is 91.8 Å². The van der Waals surface area contributed by atoms with Crippen LogP contribution in [-0.4, -0.2) is 124 Å². The number of rotatable bonds is 10. The van der Waals surface area contributed by atoms with E-state index in [-0.39, 0.29) is 70.2 Å². The van der Waals surface area contributed by atoms with E-state index in [1.807, 2.05) is 12.1 Å². The second kappa shape index (κ2) is 17.4. The number of fused-ring (bicyclic) bond motifs is 4. The number of carbonyl (C=O) groups is 1. The molecule has 7 aliphatic rings. The number of amides is 1. The van der Waals surface area contributed by atoms with Crippen molar-refractivity contribution in [2.24, 2.45) is 11.1 Å². The summed E-state index contributed by atoms with van der Waals surface area (Å²) in [5, 5.41) is 16.9. The number of aromatic amines is 1. The second-order valence-electron chi connectivity index (χ2n) is 20.4. The summed E-state index contributed by atoms with van der Waals surface area (Å²) < 4.78 is 62.2. The smallest absolute Gasteiger partial charge is 0.297 e. The van der Waals surface area contributed by atoms with Gasteiger partial charge in [0.05, 0.1) is 71.9 Å². The van der Waals surface area contributed by atoms with Crippen LogP contribution in [0.4, 0.5) is 28.4 Å². The average molecular weight is 975 g/mol. The summed E-state index contributed by atoms with van der Waals surface area (Å²) in [5.41, 5.74) is 10.1. The third kappa shape index (κ3) is 7.54. The van der Waals surface area contributed by atoms with Crippen LogP contribution in [0.1, 0.15) is 85.8 Å². The van der Waals surface area contributed by atoms with E-state index in [2.05, 4.69) is 58.2 Å². The Hall–Kier alpha value is -5.99. The van der Waals surface area contributed by atoms with Crippen molar-refractivity contribution in [1.29, 1.82) is 0 Å². The summed E-state index contributed by atoms with van der Waals surface area (Å²) in [5.74, 6) is -0.181. The van der Waals surface area contributed by atoms with Crippen molar-refractivity contribution in [3.63, 3.8) is 0 Å². The van der Waals surface area contributed by atoms with Gasteiger partial charge in [-0.25, -0.2) is 8.42 Å². The molecule has 19 heteroatoms. The lowest BCUT2D eigenvalue weighted by molar-refractivity contribution is -0.384. The predicted molar refractivity (Wildman–Crippen MR) is 260 cm³/mol. The van der Waals surface area contributed by atoms with Crippen molar-refractivity contribution in [2.75, 3.05) is 74.4 Å². The number of nitro groups is 1. The van der Waals surface area contributed by atoms with E-state index in [1.54, 1.807) is 23.2 Å². The van der Waals surface area contributed by atoms with Gasteiger partial charge in [-0.1, -0.05) is 38.1 Å². The largest absolute Gasteiger partial charge is 0.489 e. The number of benzene rings is 3. The summed E-state index contributed by atoms with van der Waals surface area (Å²) in [7, 11) is -4.79. The molecule has 0 bridgehead atoms.